The molecule has 0 aromatic heterocycles. The summed E-state index contributed by atoms with van der Waals surface area (Å²) in [6.45, 7) is 14.3. The predicted octanol–water partition coefficient (Wildman–Crippen LogP) is 13.7. The molecule has 0 N–H and O–H groups in total. The van der Waals surface area contributed by atoms with Crippen molar-refractivity contribution in [1.82, 2.24) is 0 Å². The molecule has 0 fully saturated rings. The zero-order valence-electron chi connectivity index (χ0n) is 33.2. The van der Waals surface area contributed by atoms with Gasteiger partial charge in [0.05, 0.1) is 0 Å². The van der Waals surface area contributed by atoms with Crippen LogP contribution in [0.5, 0.6) is 0 Å². The van der Waals surface area contributed by atoms with Crippen LogP contribution in [0.3, 0.4) is 0 Å². The molecule has 0 nitrogen and oxygen atoms in total. The summed E-state index contributed by atoms with van der Waals surface area (Å²) in [5.74, 6) is 0. The molecule has 6 rings (SSSR count). The number of benzene rings is 4. The van der Waals surface area contributed by atoms with Crippen molar-refractivity contribution in [1.29, 1.82) is 0 Å². The summed E-state index contributed by atoms with van der Waals surface area (Å²) in [5.41, 5.74) is 2.86. The van der Waals surface area contributed by atoms with Crippen LogP contribution in [0.1, 0.15) is 91.2 Å². The van der Waals surface area contributed by atoms with Gasteiger partial charge in [-0.3, -0.25) is 0 Å². The maximum atomic E-state index is 2.52. The Hall–Kier alpha value is -2.71. The van der Waals surface area contributed by atoms with Crippen molar-refractivity contribution < 1.29 is 24.2 Å². The van der Waals surface area contributed by atoms with Crippen LogP contribution in [0.25, 0.3) is 21.5 Å². The molecule has 272 valence electrons. The van der Waals surface area contributed by atoms with Gasteiger partial charge in [0.1, 0.15) is 0 Å². The molecule has 0 heterocycles. The Kier molecular flexibility index (Phi) is 17.7. The van der Waals surface area contributed by atoms with Crippen LogP contribution in [-0.2, 0) is 24.2 Å². The third-order valence-corrected chi connectivity index (χ3v) is 24.3. The third kappa shape index (κ3) is 11.2. The molecule has 0 aliphatic rings. The Morgan fingerprint density at radius 3 is 1.02 bits per heavy atom. The summed E-state index contributed by atoms with van der Waals surface area (Å²) in [4.78, 5) is 0. The smallest absolute Gasteiger partial charge is 0.0809 e. The Labute approximate surface area is 334 Å². The van der Waals surface area contributed by atoms with E-state index in [1.807, 2.05) is 0 Å². The normalized spacial score (nSPS) is 11.5. The zero-order valence-corrected chi connectivity index (χ0v) is 37.6. The van der Waals surface area contributed by atoms with Crippen LogP contribution in [0, 0.1) is 0 Å². The van der Waals surface area contributed by atoms with Crippen LogP contribution in [0.4, 0.5) is 0 Å². The van der Waals surface area contributed by atoms with E-state index in [9.17, 15) is 0 Å². The van der Waals surface area contributed by atoms with E-state index in [1.165, 1.54) is 135 Å². The fourth-order valence-corrected chi connectivity index (χ4v) is 20.3. The van der Waals surface area contributed by atoms with Gasteiger partial charge < -0.3 is 0 Å². The predicted molar refractivity (Wildman–Crippen MR) is 237 cm³/mol. The maximum absolute atomic E-state index is 2.52. The van der Waals surface area contributed by atoms with Crippen molar-refractivity contribution in [2.24, 2.45) is 0 Å². The van der Waals surface area contributed by atoms with Crippen molar-refractivity contribution in [3.8, 4) is 0 Å². The molecule has 0 radical (unpaired) electrons. The van der Waals surface area contributed by atoms with E-state index in [1.54, 1.807) is 10.4 Å². The minimum absolute atomic E-state index is 1.33. The van der Waals surface area contributed by atoms with E-state index in [0.29, 0.717) is 0 Å². The van der Waals surface area contributed by atoms with E-state index in [-0.39, 0.29) is 0 Å². The van der Waals surface area contributed by atoms with Crippen molar-refractivity contribution >= 4 is 51.3 Å². The topological polar surface area (TPSA) is 0 Å². The zero-order chi connectivity index (χ0) is 37.2. The van der Waals surface area contributed by atoms with Crippen LogP contribution in [0.15, 0.2) is 133 Å². The van der Waals surface area contributed by atoms with Gasteiger partial charge in [0.25, 0.3) is 0 Å². The average Bonchev–Trinajstić information content (AvgIpc) is 3.86. The monoisotopic (exact) mass is 798 g/mol. The fraction of sp³-hybridized carbons (Fsp3) is 0.367. The molecule has 0 aliphatic carbocycles. The van der Waals surface area contributed by atoms with Gasteiger partial charge in [-0.05, 0) is 0 Å². The molecular formula is C49H64Si2Zr. The van der Waals surface area contributed by atoms with E-state index >= 15 is 0 Å². The number of hydrogen-bond acceptors (Lipinski definition) is 0. The third-order valence-electron chi connectivity index (χ3n) is 11.0. The number of hydrogen-bond donors (Lipinski definition) is 0. The van der Waals surface area contributed by atoms with Gasteiger partial charge in [-0.2, -0.15) is 35.0 Å². The second kappa shape index (κ2) is 21.9. The Morgan fingerprint density at radius 2 is 0.731 bits per heavy atom. The first-order chi connectivity index (χ1) is 25.4. The molecule has 6 aromatic carbocycles. The Morgan fingerprint density at radius 1 is 0.423 bits per heavy atom. The van der Waals surface area contributed by atoms with E-state index in [0.717, 1.165) is 0 Å². The summed E-state index contributed by atoms with van der Waals surface area (Å²) in [6, 6.07) is 57.9. The van der Waals surface area contributed by atoms with Crippen LogP contribution in [0.2, 0.25) is 36.3 Å². The molecule has 0 saturated heterocycles. The molecule has 0 unspecified atom stereocenters. The average molecular weight is 800 g/mol. The largest absolute Gasteiger partial charge is 0.168 e. The van der Waals surface area contributed by atoms with E-state index < -0.39 is 16.1 Å². The first kappa shape index (κ1) is 42.0. The molecule has 0 atom stereocenters. The second-order valence-corrected chi connectivity index (χ2v) is 25.4. The second-order valence-electron chi connectivity index (χ2n) is 14.9. The van der Waals surface area contributed by atoms with Gasteiger partial charge in [0.15, 0.2) is 0 Å². The SMILES string of the molecule is CCC[Si](CCC)(CCC)c1ccc([C](=[Zr+2])c2ccc([Si](CCC)(CCC)CCC)cc2)cc1.c1ccc2[cH-]ccc2c1.c1ccc2[cH-]ccc2c1. The van der Waals surface area contributed by atoms with Gasteiger partial charge in [0, 0.05) is 0 Å². The number of rotatable bonds is 16. The van der Waals surface area contributed by atoms with Gasteiger partial charge in [-0.25, -0.2) is 0 Å². The van der Waals surface area contributed by atoms with Gasteiger partial charge >= 0.3 is 230 Å². The van der Waals surface area contributed by atoms with Crippen LogP contribution in [-0.4, -0.2) is 19.4 Å². The standard InChI is InChI=1S/C31H50Si2.2C9H7.Zr/c1-7-21-32(22-8-2,23-9-3)30-17-13-28(14-18-30)27-29-15-19-31(20-16-29)33(24-10-4,25-11-5)26-12-6;2*1-2-5-9-7-3-6-8(9)4-1;/h13-20H,7-12,21-26H2,1-6H3;2*1-7H;/q;2*-1;+2. The van der Waals surface area contributed by atoms with Gasteiger partial charge in [0.2, 0.25) is 0 Å². The molecule has 0 saturated carbocycles. The quantitative estimate of drug-likeness (QED) is 0.0676. The molecular weight excluding hydrogens is 736 g/mol. The van der Waals surface area contributed by atoms with E-state index in [4.69, 9.17) is 0 Å². The minimum Gasteiger partial charge on any atom is -0.168 e. The molecule has 0 amide bonds. The fourth-order valence-electron chi connectivity index (χ4n) is 8.77. The first-order valence-corrected chi connectivity index (χ1v) is 26.9. The van der Waals surface area contributed by atoms with Gasteiger partial charge in [-0.15, -0.1) is 59.3 Å². The summed E-state index contributed by atoms with van der Waals surface area (Å²) in [7, 11) is -2.72. The summed E-state index contributed by atoms with van der Waals surface area (Å²) >= 11 is 1.52. The molecule has 0 spiro atoms. The molecule has 0 aliphatic heterocycles. The van der Waals surface area contributed by atoms with Crippen molar-refractivity contribution in [3.63, 3.8) is 0 Å². The minimum atomic E-state index is -1.36. The summed E-state index contributed by atoms with van der Waals surface area (Å²) in [6.07, 6.45) is 7.97. The molecule has 6 aromatic rings. The van der Waals surface area contributed by atoms with E-state index in [2.05, 4.69) is 175 Å². The Bertz CT molecular complexity index is 1640. The number of fused-ring (bicyclic) bond motifs is 2. The van der Waals surface area contributed by atoms with Crippen molar-refractivity contribution in [3.05, 3.63) is 145 Å². The maximum Gasteiger partial charge on any atom is -0.0809 e. The Balaban J connectivity index is 0.000000265. The van der Waals surface area contributed by atoms with Crippen LogP contribution < -0.4 is 10.4 Å². The van der Waals surface area contributed by atoms with Crippen molar-refractivity contribution in [2.75, 3.05) is 0 Å². The summed E-state index contributed by atoms with van der Waals surface area (Å²) < 4.78 is 1.51. The van der Waals surface area contributed by atoms with Crippen LogP contribution >= 0.6 is 0 Å². The summed E-state index contributed by atoms with van der Waals surface area (Å²) in [5, 5.41) is 8.73. The van der Waals surface area contributed by atoms with Gasteiger partial charge in [-0.1, -0.05) is 12.1 Å². The molecule has 0 bridgehead atoms. The molecule has 52 heavy (non-hydrogen) atoms. The first-order valence-electron chi connectivity index (χ1n) is 20.4. The molecule has 3 heteroatoms. The van der Waals surface area contributed by atoms with Crippen molar-refractivity contribution in [2.45, 2.75) is 116 Å².